The molecule has 0 atom stereocenters. The molecule has 2 N–H and O–H groups in total. The SMILES string of the molecule is COc1ccccc1NC(=O)CCNCCC(C)C. The van der Waals surface area contributed by atoms with Crippen LogP contribution in [0, 0.1) is 5.92 Å². The lowest BCUT2D eigenvalue weighted by atomic mass is 10.1. The molecule has 19 heavy (non-hydrogen) atoms. The fourth-order valence-electron chi connectivity index (χ4n) is 1.68. The fraction of sp³-hybridized carbons (Fsp3) is 0.533. The number of nitrogens with one attached hydrogen (secondary N) is 2. The zero-order valence-corrected chi connectivity index (χ0v) is 12.0. The van der Waals surface area contributed by atoms with Gasteiger partial charge in [-0.1, -0.05) is 26.0 Å². The van der Waals surface area contributed by atoms with Gasteiger partial charge in [0.05, 0.1) is 12.8 Å². The van der Waals surface area contributed by atoms with Gasteiger partial charge in [-0.05, 0) is 31.0 Å². The first-order valence-corrected chi connectivity index (χ1v) is 6.77. The second-order valence-electron chi connectivity index (χ2n) is 4.93. The average molecular weight is 264 g/mol. The van der Waals surface area contributed by atoms with Crippen LogP contribution in [0.3, 0.4) is 0 Å². The zero-order valence-electron chi connectivity index (χ0n) is 12.0. The summed E-state index contributed by atoms with van der Waals surface area (Å²) < 4.78 is 5.19. The third-order valence-electron chi connectivity index (χ3n) is 2.81. The van der Waals surface area contributed by atoms with Gasteiger partial charge in [-0.15, -0.1) is 0 Å². The zero-order chi connectivity index (χ0) is 14.1. The van der Waals surface area contributed by atoms with E-state index in [0.29, 0.717) is 24.6 Å². The number of carbonyl (C=O) groups excluding carboxylic acids is 1. The molecule has 0 spiro atoms. The lowest BCUT2D eigenvalue weighted by molar-refractivity contribution is -0.116. The Kier molecular flexibility index (Phi) is 6.97. The maximum absolute atomic E-state index is 11.8. The number of carbonyl (C=O) groups is 1. The average Bonchev–Trinajstić information content (AvgIpc) is 2.38. The van der Waals surface area contributed by atoms with Gasteiger partial charge in [0.2, 0.25) is 5.91 Å². The minimum atomic E-state index is 0.00143. The maximum Gasteiger partial charge on any atom is 0.225 e. The van der Waals surface area contributed by atoms with Crippen molar-refractivity contribution >= 4 is 11.6 Å². The van der Waals surface area contributed by atoms with Gasteiger partial charge in [-0.25, -0.2) is 0 Å². The van der Waals surface area contributed by atoms with E-state index in [9.17, 15) is 4.79 Å². The number of hydrogen-bond donors (Lipinski definition) is 2. The monoisotopic (exact) mass is 264 g/mol. The van der Waals surface area contributed by atoms with E-state index in [-0.39, 0.29) is 5.91 Å². The normalized spacial score (nSPS) is 10.5. The van der Waals surface area contributed by atoms with E-state index < -0.39 is 0 Å². The highest BCUT2D eigenvalue weighted by Crippen LogP contribution is 2.22. The van der Waals surface area contributed by atoms with Crippen LogP contribution in [-0.4, -0.2) is 26.1 Å². The Morgan fingerprint density at radius 1 is 1.26 bits per heavy atom. The Morgan fingerprint density at radius 2 is 2.00 bits per heavy atom. The van der Waals surface area contributed by atoms with Crippen LogP contribution in [0.15, 0.2) is 24.3 Å². The molecule has 0 unspecified atom stereocenters. The predicted molar refractivity (Wildman–Crippen MR) is 78.6 cm³/mol. The molecule has 4 heteroatoms. The quantitative estimate of drug-likeness (QED) is 0.710. The Balaban J connectivity index is 2.27. The first-order chi connectivity index (χ1) is 9.13. The van der Waals surface area contributed by atoms with E-state index in [2.05, 4.69) is 24.5 Å². The number of anilines is 1. The molecule has 0 fully saturated rings. The van der Waals surface area contributed by atoms with Gasteiger partial charge in [-0.2, -0.15) is 0 Å². The van der Waals surface area contributed by atoms with Crippen molar-refractivity contribution in [3.8, 4) is 5.75 Å². The molecule has 1 amide bonds. The van der Waals surface area contributed by atoms with Gasteiger partial charge in [0.15, 0.2) is 0 Å². The number of hydrogen-bond acceptors (Lipinski definition) is 3. The third kappa shape index (κ3) is 6.25. The van der Waals surface area contributed by atoms with Gasteiger partial charge in [0.1, 0.15) is 5.75 Å². The van der Waals surface area contributed by atoms with Gasteiger partial charge in [0, 0.05) is 13.0 Å². The second-order valence-corrected chi connectivity index (χ2v) is 4.93. The number of ether oxygens (including phenoxy) is 1. The lowest BCUT2D eigenvalue weighted by Gasteiger charge is -2.10. The summed E-state index contributed by atoms with van der Waals surface area (Å²) in [4.78, 5) is 11.8. The summed E-state index contributed by atoms with van der Waals surface area (Å²) in [5.74, 6) is 1.38. The summed E-state index contributed by atoms with van der Waals surface area (Å²) in [6, 6.07) is 7.42. The predicted octanol–water partition coefficient (Wildman–Crippen LogP) is 2.66. The second kappa shape index (κ2) is 8.53. The van der Waals surface area contributed by atoms with Crippen LogP contribution < -0.4 is 15.4 Å². The standard InChI is InChI=1S/C15H24N2O2/c1-12(2)8-10-16-11-9-15(18)17-13-6-4-5-7-14(13)19-3/h4-7,12,16H,8-11H2,1-3H3,(H,17,18). The Bertz CT molecular complexity index is 391. The molecular formula is C15H24N2O2. The number of benzene rings is 1. The first-order valence-electron chi connectivity index (χ1n) is 6.77. The highest BCUT2D eigenvalue weighted by Gasteiger charge is 2.06. The molecule has 0 aliphatic carbocycles. The van der Waals surface area contributed by atoms with Gasteiger partial charge < -0.3 is 15.4 Å². The van der Waals surface area contributed by atoms with E-state index in [1.165, 1.54) is 0 Å². The van der Waals surface area contributed by atoms with Crippen molar-refractivity contribution in [2.24, 2.45) is 5.92 Å². The van der Waals surface area contributed by atoms with Crippen LogP contribution in [0.4, 0.5) is 5.69 Å². The highest BCUT2D eigenvalue weighted by molar-refractivity contribution is 5.92. The van der Waals surface area contributed by atoms with Gasteiger partial charge >= 0.3 is 0 Å². The largest absolute Gasteiger partial charge is 0.495 e. The Labute approximate surface area is 115 Å². The van der Waals surface area contributed by atoms with E-state index in [4.69, 9.17) is 4.74 Å². The molecule has 1 aromatic carbocycles. The summed E-state index contributed by atoms with van der Waals surface area (Å²) in [5.41, 5.74) is 0.720. The molecule has 0 aromatic heterocycles. The number of methoxy groups -OCH3 is 1. The Hall–Kier alpha value is -1.55. The molecule has 0 aliphatic heterocycles. The molecule has 4 nitrogen and oxygen atoms in total. The molecule has 0 aliphatic rings. The van der Waals surface area contributed by atoms with Crippen molar-refractivity contribution in [1.82, 2.24) is 5.32 Å². The van der Waals surface area contributed by atoms with Gasteiger partial charge in [0.25, 0.3) is 0 Å². The molecule has 1 aromatic rings. The van der Waals surface area contributed by atoms with Crippen LogP contribution in [0.25, 0.3) is 0 Å². The molecule has 0 heterocycles. The van der Waals surface area contributed by atoms with Crippen molar-refractivity contribution in [2.75, 3.05) is 25.5 Å². The minimum Gasteiger partial charge on any atom is -0.495 e. The molecular weight excluding hydrogens is 240 g/mol. The molecule has 0 radical (unpaired) electrons. The van der Waals surface area contributed by atoms with Crippen molar-refractivity contribution in [2.45, 2.75) is 26.7 Å². The van der Waals surface area contributed by atoms with Crippen molar-refractivity contribution in [3.05, 3.63) is 24.3 Å². The molecule has 106 valence electrons. The summed E-state index contributed by atoms with van der Waals surface area (Å²) in [6.07, 6.45) is 1.60. The fourth-order valence-corrected chi connectivity index (χ4v) is 1.68. The summed E-state index contributed by atoms with van der Waals surface area (Å²) in [5, 5.41) is 6.13. The van der Waals surface area contributed by atoms with E-state index in [0.717, 1.165) is 18.7 Å². The van der Waals surface area contributed by atoms with E-state index >= 15 is 0 Å². The summed E-state index contributed by atoms with van der Waals surface area (Å²) >= 11 is 0. The number of para-hydroxylation sites is 2. The lowest BCUT2D eigenvalue weighted by Crippen LogP contribution is -2.23. The van der Waals surface area contributed by atoms with Crippen LogP contribution in [-0.2, 0) is 4.79 Å². The van der Waals surface area contributed by atoms with Crippen LogP contribution >= 0.6 is 0 Å². The topological polar surface area (TPSA) is 50.4 Å². The molecule has 0 saturated carbocycles. The van der Waals surface area contributed by atoms with Crippen LogP contribution in [0.1, 0.15) is 26.7 Å². The molecule has 0 saturated heterocycles. The maximum atomic E-state index is 11.8. The smallest absolute Gasteiger partial charge is 0.225 e. The first kappa shape index (κ1) is 15.5. The van der Waals surface area contributed by atoms with E-state index in [1.54, 1.807) is 7.11 Å². The van der Waals surface area contributed by atoms with E-state index in [1.807, 2.05) is 24.3 Å². The van der Waals surface area contributed by atoms with Gasteiger partial charge in [-0.3, -0.25) is 4.79 Å². The molecule has 0 bridgehead atoms. The minimum absolute atomic E-state index is 0.00143. The summed E-state index contributed by atoms with van der Waals surface area (Å²) in [7, 11) is 1.60. The number of amides is 1. The number of rotatable bonds is 8. The van der Waals surface area contributed by atoms with Crippen molar-refractivity contribution in [3.63, 3.8) is 0 Å². The summed E-state index contributed by atoms with van der Waals surface area (Å²) in [6.45, 7) is 6.04. The van der Waals surface area contributed by atoms with Crippen LogP contribution in [0.5, 0.6) is 5.75 Å². The highest BCUT2D eigenvalue weighted by atomic mass is 16.5. The Morgan fingerprint density at radius 3 is 2.68 bits per heavy atom. The van der Waals surface area contributed by atoms with Crippen LogP contribution in [0.2, 0.25) is 0 Å². The third-order valence-corrected chi connectivity index (χ3v) is 2.81. The molecule has 1 rings (SSSR count). The van der Waals surface area contributed by atoms with Crippen molar-refractivity contribution < 1.29 is 9.53 Å². The van der Waals surface area contributed by atoms with Crippen molar-refractivity contribution in [1.29, 1.82) is 0 Å².